The van der Waals surface area contributed by atoms with Crippen LogP contribution in [0.3, 0.4) is 0 Å². The summed E-state index contributed by atoms with van der Waals surface area (Å²) in [5.41, 5.74) is 5.50. The highest BCUT2D eigenvalue weighted by atomic mass is 32.1. The molecule has 1 aliphatic carbocycles. The van der Waals surface area contributed by atoms with Gasteiger partial charge in [0.05, 0.1) is 0 Å². The van der Waals surface area contributed by atoms with Crippen LogP contribution in [0.5, 0.6) is 0 Å². The summed E-state index contributed by atoms with van der Waals surface area (Å²) in [6, 6.07) is 0.577. The van der Waals surface area contributed by atoms with Crippen molar-refractivity contribution in [3.05, 3.63) is 10.6 Å². The van der Waals surface area contributed by atoms with Crippen LogP contribution in [0.2, 0.25) is 0 Å². The molecule has 0 spiro atoms. The molecule has 0 aromatic carbocycles. The molecule has 1 aromatic heterocycles. The van der Waals surface area contributed by atoms with Crippen molar-refractivity contribution in [2.75, 3.05) is 6.54 Å². The number of hydrogen-bond donors (Lipinski definition) is 2. The molecule has 2 rings (SSSR count). The molecular formula is C8H14N4S. The van der Waals surface area contributed by atoms with Crippen LogP contribution in [0.25, 0.3) is 0 Å². The van der Waals surface area contributed by atoms with Crippen molar-refractivity contribution >= 4 is 12.2 Å². The second kappa shape index (κ2) is 3.59. The number of aromatic nitrogens is 3. The summed E-state index contributed by atoms with van der Waals surface area (Å²) >= 11 is 5.17. The predicted octanol–water partition coefficient (Wildman–Crippen LogP) is 1.17. The van der Waals surface area contributed by atoms with Gasteiger partial charge < -0.3 is 10.3 Å². The monoisotopic (exact) mass is 198 g/mol. The predicted molar refractivity (Wildman–Crippen MR) is 53.1 cm³/mol. The lowest BCUT2D eigenvalue weighted by atomic mass is 9.93. The van der Waals surface area contributed by atoms with Crippen LogP contribution in [0, 0.1) is 4.77 Å². The van der Waals surface area contributed by atoms with E-state index in [1.54, 1.807) is 0 Å². The van der Waals surface area contributed by atoms with Gasteiger partial charge in [0.25, 0.3) is 0 Å². The van der Waals surface area contributed by atoms with Gasteiger partial charge in [-0.05, 0) is 38.0 Å². The summed E-state index contributed by atoms with van der Waals surface area (Å²) in [6.07, 6.45) is 4.57. The van der Waals surface area contributed by atoms with E-state index in [0.29, 0.717) is 12.6 Å². The third-order valence-corrected chi connectivity index (χ3v) is 2.87. The number of rotatable bonds is 3. The maximum Gasteiger partial charge on any atom is 0.195 e. The maximum absolute atomic E-state index is 5.50. The normalized spacial score (nSPS) is 17.3. The minimum atomic E-state index is 0.577. The average molecular weight is 198 g/mol. The van der Waals surface area contributed by atoms with Crippen LogP contribution in [-0.2, 0) is 6.42 Å². The van der Waals surface area contributed by atoms with Crippen LogP contribution in [-0.4, -0.2) is 21.3 Å². The first-order valence-electron chi connectivity index (χ1n) is 4.69. The van der Waals surface area contributed by atoms with Gasteiger partial charge in [0.15, 0.2) is 4.77 Å². The van der Waals surface area contributed by atoms with Crippen LogP contribution >= 0.6 is 12.2 Å². The lowest BCUT2D eigenvalue weighted by Crippen LogP contribution is -2.20. The summed E-state index contributed by atoms with van der Waals surface area (Å²) in [4.78, 5) is 0. The van der Waals surface area contributed by atoms with Crippen molar-refractivity contribution in [3.63, 3.8) is 0 Å². The molecule has 0 saturated heterocycles. The molecular weight excluding hydrogens is 184 g/mol. The van der Waals surface area contributed by atoms with Crippen molar-refractivity contribution < 1.29 is 0 Å². The van der Waals surface area contributed by atoms with Crippen molar-refractivity contribution in [2.45, 2.75) is 31.7 Å². The molecule has 13 heavy (non-hydrogen) atoms. The molecule has 1 fully saturated rings. The fourth-order valence-corrected chi connectivity index (χ4v) is 1.96. The van der Waals surface area contributed by atoms with Gasteiger partial charge in [-0.2, -0.15) is 5.10 Å². The van der Waals surface area contributed by atoms with Crippen LogP contribution < -0.4 is 5.73 Å². The second-order valence-electron chi connectivity index (χ2n) is 3.44. The zero-order chi connectivity index (χ0) is 9.26. The molecule has 4 nitrogen and oxygen atoms in total. The summed E-state index contributed by atoms with van der Waals surface area (Å²) < 4.78 is 2.87. The number of nitrogens with one attached hydrogen (secondary N) is 1. The largest absolute Gasteiger partial charge is 0.330 e. The van der Waals surface area contributed by atoms with Crippen LogP contribution in [0.15, 0.2) is 0 Å². The van der Waals surface area contributed by atoms with Gasteiger partial charge >= 0.3 is 0 Å². The first kappa shape index (κ1) is 8.90. The number of aromatic amines is 1. The summed E-state index contributed by atoms with van der Waals surface area (Å²) in [7, 11) is 0. The molecule has 1 aliphatic rings. The van der Waals surface area contributed by atoms with Gasteiger partial charge in [0.1, 0.15) is 5.82 Å². The second-order valence-corrected chi connectivity index (χ2v) is 3.83. The number of H-pyrrole nitrogens is 1. The first-order valence-corrected chi connectivity index (χ1v) is 5.09. The molecule has 1 heterocycles. The Balaban J connectivity index is 2.28. The molecule has 0 amide bonds. The van der Waals surface area contributed by atoms with Gasteiger partial charge in [-0.1, -0.05) is 0 Å². The van der Waals surface area contributed by atoms with Crippen LogP contribution in [0.1, 0.15) is 31.1 Å². The van der Waals surface area contributed by atoms with E-state index in [0.717, 1.165) is 17.0 Å². The third-order valence-electron chi connectivity index (χ3n) is 2.59. The van der Waals surface area contributed by atoms with E-state index in [-0.39, 0.29) is 0 Å². The van der Waals surface area contributed by atoms with E-state index < -0.39 is 0 Å². The number of nitrogens with two attached hydrogens (primary N) is 1. The van der Waals surface area contributed by atoms with Crippen molar-refractivity contribution in [1.29, 1.82) is 0 Å². The molecule has 1 aromatic rings. The van der Waals surface area contributed by atoms with E-state index in [1.165, 1.54) is 19.3 Å². The zero-order valence-corrected chi connectivity index (χ0v) is 8.31. The summed E-state index contributed by atoms with van der Waals surface area (Å²) in [6.45, 7) is 0.631. The minimum Gasteiger partial charge on any atom is -0.330 e. The van der Waals surface area contributed by atoms with E-state index in [9.17, 15) is 0 Å². The molecule has 3 N–H and O–H groups in total. The minimum absolute atomic E-state index is 0.577. The quantitative estimate of drug-likeness (QED) is 0.717. The standard InChI is InChI=1S/C8H14N4S/c9-5-4-7-10-11-8(13)12(7)6-2-1-3-6/h6H,1-5,9H2,(H,11,13). The lowest BCUT2D eigenvalue weighted by Gasteiger charge is -2.27. The number of nitrogens with zero attached hydrogens (tertiary/aromatic N) is 2. The number of hydrogen-bond acceptors (Lipinski definition) is 3. The summed E-state index contributed by atoms with van der Waals surface area (Å²) in [5.74, 6) is 1.01. The maximum atomic E-state index is 5.50. The molecule has 0 atom stereocenters. The molecule has 0 bridgehead atoms. The van der Waals surface area contributed by atoms with Gasteiger partial charge in [-0.15, -0.1) is 0 Å². The molecule has 0 radical (unpaired) electrons. The Labute approximate surface area is 82.1 Å². The highest BCUT2D eigenvalue weighted by molar-refractivity contribution is 7.71. The zero-order valence-electron chi connectivity index (χ0n) is 7.49. The van der Waals surface area contributed by atoms with Gasteiger partial charge in [-0.25, -0.2) is 0 Å². The first-order chi connectivity index (χ1) is 6.33. The van der Waals surface area contributed by atoms with E-state index >= 15 is 0 Å². The Bertz CT molecular complexity index is 336. The highest BCUT2D eigenvalue weighted by Crippen LogP contribution is 2.32. The van der Waals surface area contributed by atoms with Crippen molar-refractivity contribution in [1.82, 2.24) is 14.8 Å². The Morgan fingerprint density at radius 2 is 2.38 bits per heavy atom. The lowest BCUT2D eigenvalue weighted by molar-refractivity contribution is 0.303. The van der Waals surface area contributed by atoms with Crippen molar-refractivity contribution in [3.8, 4) is 0 Å². The van der Waals surface area contributed by atoms with Gasteiger partial charge in [0, 0.05) is 12.5 Å². The fraction of sp³-hybridized carbons (Fsp3) is 0.750. The van der Waals surface area contributed by atoms with Crippen molar-refractivity contribution in [2.24, 2.45) is 5.73 Å². The highest BCUT2D eigenvalue weighted by Gasteiger charge is 2.22. The topological polar surface area (TPSA) is 59.6 Å². The van der Waals surface area contributed by atoms with E-state index in [4.69, 9.17) is 18.0 Å². The fourth-order valence-electron chi connectivity index (χ4n) is 1.66. The Morgan fingerprint density at radius 3 is 2.92 bits per heavy atom. The third kappa shape index (κ3) is 1.53. The molecule has 0 aliphatic heterocycles. The molecule has 0 unspecified atom stereocenters. The Kier molecular flexibility index (Phi) is 2.46. The Hall–Kier alpha value is -0.680. The Morgan fingerprint density at radius 1 is 1.62 bits per heavy atom. The van der Waals surface area contributed by atoms with Gasteiger partial charge in [-0.3, -0.25) is 5.10 Å². The SMILES string of the molecule is NCCc1n[nH]c(=S)n1C1CCC1. The smallest absolute Gasteiger partial charge is 0.195 e. The van der Waals surface area contributed by atoms with E-state index in [1.807, 2.05) is 0 Å². The van der Waals surface area contributed by atoms with Crippen LogP contribution in [0.4, 0.5) is 0 Å². The van der Waals surface area contributed by atoms with E-state index in [2.05, 4.69) is 14.8 Å². The molecule has 1 saturated carbocycles. The average Bonchev–Trinajstić information content (AvgIpc) is 2.34. The molecule has 72 valence electrons. The van der Waals surface area contributed by atoms with Gasteiger partial charge in [0.2, 0.25) is 0 Å². The summed E-state index contributed by atoms with van der Waals surface area (Å²) in [5, 5.41) is 7.01. The molecule has 5 heteroatoms.